The molecule has 1 fully saturated rings. The predicted octanol–water partition coefficient (Wildman–Crippen LogP) is 8.93. The van der Waals surface area contributed by atoms with Gasteiger partial charge in [-0.2, -0.15) is 14.0 Å². The third-order valence-electron chi connectivity index (χ3n) is 14.5. The van der Waals surface area contributed by atoms with Crippen molar-refractivity contribution >= 4 is 29.1 Å². The van der Waals surface area contributed by atoms with Gasteiger partial charge in [0, 0.05) is 66.6 Å². The molecule has 356 valence electrons. The van der Waals surface area contributed by atoms with Gasteiger partial charge in [-0.25, -0.2) is 0 Å². The standard InChI is InChI=1S/C55H58F2N7O5/c1-36-27-40-11-9-10-12-42(40)35-61(36)53(66)49-30-43-34-60(52(65)28-39-15-17-46(18-16-39)69-26-23-64(5)21-24-68-25-22-64)20-19-41(43)29-48(49)51-32-47(37(2)59(51)4)54(67)63(44-13-7-6-8-14-44)50-31-45(33-58)62(38(50)3)55(56)57/h6-18,29-32,36,55H,19-28,34-35H2,1-5H3/q+1. The monoisotopic (exact) mass is 934 g/mol. The number of rotatable bonds is 12. The molecule has 0 N–H and O–H groups in total. The molecule has 0 saturated carbocycles. The van der Waals surface area contributed by atoms with Crippen LogP contribution in [0.5, 0.6) is 5.75 Å². The quantitative estimate of drug-likeness (QED) is 0.113. The van der Waals surface area contributed by atoms with Crippen molar-refractivity contribution in [1.82, 2.24) is 18.9 Å². The summed E-state index contributed by atoms with van der Waals surface area (Å²) in [5, 5.41) is 9.84. The van der Waals surface area contributed by atoms with Crippen molar-refractivity contribution in [1.29, 1.82) is 5.26 Å². The van der Waals surface area contributed by atoms with Crippen LogP contribution in [-0.4, -0.2) is 100 Å². The molecule has 0 aliphatic carbocycles. The minimum atomic E-state index is -2.99. The van der Waals surface area contributed by atoms with Crippen LogP contribution in [0.25, 0.3) is 11.3 Å². The third-order valence-corrected chi connectivity index (χ3v) is 14.5. The second kappa shape index (κ2) is 19.5. The molecule has 9 rings (SSSR count). The highest BCUT2D eigenvalue weighted by Crippen LogP contribution is 2.39. The Morgan fingerprint density at radius 3 is 2.28 bits per heavy atom. The number of quaternary nitrogens is 1. The molecule has 14 heteroatoms. The second-order valence-corrected chi connectivity index (χ2v) is 18.9. The minimum Gasteiger partial charge on any atom is -0.488 e. The van der Waals surface area contributed by atoms with Gasteiger partial charge in [0.25, 0.3) is 11.8 Å². The number of ether oxygens (including phenoxy) is 2. The first kappa shape index (κ1) is 47.0. The Bertz CT molecular complexity index is 2950. The van der Waals surface area contributed by atoms with E-state index in [1.807, 2.05) is 82.9 Å². The number of likely N-dealkylation sites (N-methyl/N-ethyl adjacent to an activating group) is 1. The number of para-hydroxylation sites is 1. The van der Waals surface area contributed by atoms with Crippen LogP contribution in [0.3, 0.4) is 0 Å². The Labute approximate surface area is 402 Å². The summed E-state index contributed by atoms with van der Waals surface area (Å²) in [6.45, 7) is 8.58. The van der Waals surface area contributed by atoms with E-state index in [0.29, 0.717) is 77.4 Å². The number of alkyl halides is 2. The Hall–Kier alpha value is -7.08. The van der Waals surface area contributed by atoms with Crippen LogP contribution >= 0.6 is 0 Å². The first-order chi connectivity index (χ1) is 33.2. The number of morpholine rings is 1. The minimum absolute atomic E-state index is 0.0116. The average Bonchev–Trinajstić information content (AvgIpc) is 3.85. The summed E-state index contributed by atoms with van der Waals surface area (Å²) in [5.74, 6) is 0.113. The van der Waals surface area contributed by atoms with Crippen LogP contribution in [0, 0.1) is 25.2 Å². The molecule has 3 aliphatic rings. The number of fused-ring (bicyclic) bond motifs is 2. The fourth-order valence-corrected chi connectivity index (χ4v) is 10.1. The van der Waals surface area contributed by atoms with E-state index in [4.69, 9.17) is 9.47 Å². The van der Waals surface area contributed by atoms with E-state index in [-0.39, 0.29) is 41.4 Å². The molecule has 1 saturated heterocycles. The Morgan fingerprint density at radius 2 is 1.58 bits per heavy atom. The number of nitrogens with zero attached hydrogens (tertiary/aromatic N) is 7. The normalized spacial score (nSPS) is 16.4. The zero-order chi connectivity index (χ0) is 48.6. The van der Waals surface area contributed by atoms with Gasteiger partial charge in [-0.1, -0.05) is 54.6 Å². The van der Waals surface area contributed by atoms with Gasteiger partial charge >= 0.3 is 6.55 Å². The topological polar surface area (TPSA) is 113 Å². The number of carbonyl (C=O) groups excluding carboxylic acids is 3. The molecule has 1 atom stereocenters. The lowest BCUT2D eigenvalue weighted by Crippen LogP contribution is -2.53. The number of nitriles is 1. The molecule has 0 spiro atoms. The third kappa shape index (κ3) is 9.41. The number of hydrogen-bond donors (Lipinski definition) is 0. The molecule has 2 aromatic heterocycles. The Balaban J connectivity index is 1.03. The van der Waals surface area contributed by atoms with Crippen LogP contribution < -0.4 is 9.64 Å². The first-order valence-electron chi connectivity index (χ1n) is 23.6. The molecule has 12 nitrogen and oxygen atoms in total. The average molecular weight is 935 g/mol. The second-order valence-electron chi connectivity index (χ2n) is 18.9. The molecule has 1 unspecified atom stereocenters. The highest BCUT2D eigenvalue weighted by Gasteiger charge is 2.34. The maximum atomic E-state index is 15.2. The van der Waals surface area contributed by atoms with Gasteiger partial charge in [0.15, 0.2) is 0 Å². The Kier molecular flexibility index (Phi) is 13.3. The van der Waals surface area contributed by atoms with Crippen LogP contribution in [0.1, 0.15) is 79.1 Å². The number of hydrogen-bond acceptors (Lipinski definition) is 6. The fraction of sp³-hybridized carbons (Fsp3) is 0.345. The SMILES string of the molecule is Cc1c(C(=O)N(c2ccccc2)c2cc(C#N)n(C(F)F)c2C)cc(-c2cc3c(cc2C(=O)N2Cc4ccccc4CC2C)CN(C(=O)Cc2ccc(OCC[N+]4(C)CCOCC4)cc2)CC3)n1C. The fourth-order valence-electron chi connectivity index (χ4n) is 10.1. The zero-order valence-electron chi connectivity index (χ0n) is 39.9. The van der Waals surface area contributed by atoms with Gasteiger partial charge in [0.05, 0.1) is 37.9 Å². The van der Waals surface area contributed by atoms with E-state index in [0.717, 1.165) is 65.3 Å². The van der Waals surface area contributed by atoms with Crippen molar-refractivity contribution in [2.75, 3.05) is 57.9 Å². The number of aromatic nitrogens is 2. The van der Waals surface area contributed by atoms with Crippen molar-refractivity contribution in [2.24, 2.45) is 7.05 Å². The predicted molar refractivity (Wildman–Crippen MR) is 259 cm³/mol. The lowest BCUT2D eigenvalue weighted by atomic mass is 9.89. The van der Waals surface area contributed by atoms with E-state index in [2.05, 4.69) is 26.1 Å². The van der Waals surface area contributed by atoms with Crippen molar-refractivity contribution in [2.45, 2.75) is 65.7 Å². The smallest absolute Gasteiger partial charge is 0.319 e. The lowest BCUT2D eigenvalue weighted by molar-refractivity contribution is -0.916. The van der Waals surface area contributed by atoms with E-state index < -0.39 is 12.5 Å². The van der Waals surface area contributed by atoms with Crippen molar-refractivity contribution < 1.29 is 37.1 Å². The number of carbonyl (C=O) groups is 3. The molecular formula is C55H58F2N7O5+. The summed E-state index contributed by atoms with van der Waals surface area (Å²) in [6, 6.07) is 33.5. The Morgan fingerprint density at radius 1 is 0.870 bits per heavy atom. The molecule has 3 aliphatic heterocycles. The zero-order valence-corrected chi connectivity index (χ0v) is 39.9. The molecule has 4 aromatic carbocycles. The maximum Gasteiger partial charge on any atom is 0.319 e. The van der Waals surface area contributed by atoms with E-state index in [1.54, 1.807) is 36.4 Å². The molecule has 0 radical (unpaired) electrons. The van der Waals surface area contributed by atoms with Crippen LogP contribution in [0.15, 0.2) is 103 Å². The molecule has 6 aromatic rings. The highest BCUT2D eigenvalue weighted by molar-refractivity contribution is 6.13. The summed E-state index contributed by atoms with van der Waals surface area (Å²) >= 11 is 0. The number of benzene rings is 4. The number of halogens is 2. The van der Waals surface area contributed by atoms with Gasteiger partial charge in [-0.3, -0.25) is 23.9 Å². The van der Waals surface area contributed by atoms with Crippen molar-refractivity contribution in [3.63, 3.8) is 0 Å². The van der Waals surface area contributed by atoms with Gasteiger partial charge in [-0.05, 0) is 110 Å². The van der Waals surface area contributed by atoms with Crippen LogP contribution in [0.2, 0.25) is 0 Å². The number of anilines is 2. The summed E-state index contributed by atoms with van der Waals surface area (Å²) in [4.78, 5) is 49.3. The van der Waals surface area contributed by atoms with Gasteiger partial charge in [0.1, 0.15) is 43.8 Å². The first-order valence-corrected chi connectivity index (χ1v) is 23.6. The molecular weight excluding hydrogens is 877 g/mol. The molecule has 5 heterocycles. The summed E-state index contributed by atoms with van der Waals surface area (Å²) in [5.41, 5.74) is 8.09. The largest absolute Gasteiger partial charge is 0.488 e. The summed E-state index contributed by atoms with van der Waals surface area (Å²) in [7, 11) is 4.08. The highest BCUT2D eigenvalue weighted by atomic mass is 19.3. The van der Waals surface area contributed by atoms with Gasteiger partial charge in [0.2, 0.25) is 5.91 Å². The molecule has 69 heavy (non-hydrogen) atoms. The van der Waals surface area contributed by atoms with Gasteiger partial charge in [-0.15, -0.1) is 0 Å². The number of amides is 3. The van der Waals surface area contributed by atoms with Crippen molar-refractivity contribution in [3.05, 3.63) is 159 Å². The molecule has 3 amide bonds. The van der Waals surface area contributed by atoms with Crippen molar-refractivity contribution in [3.8, 4) is 23.1 Å². The summed E-state index contributed by atoms with van der Waals surface area (Å²) < 4.78 is 43.7. The summed E-state index contributed by atoms with van der Waals surface area (Å²) in [6.07, 6.45) is 1.48. The van der Waals surface area contributed by atoms with Crippen LogP contribution in [0.4, 0.5) is 20.2 Å². The van der Waals surface area contributed by atoms with Gasteiger partial charge < -0.3 is 28.3 Å². The van der Waals surface area contributed by atoms with Crippen LogP contribution in [-0.2, 0) is 48.9 Å². The van der Waals surface area contributed by atoms with E-state index >= 15 is 9.59 Å². The lowest BCUT2D eigenvalue weighted by Gasteiger charge is -2.37. The van der Waals surface area contributed by atoms with E-state index in [1.165, 1.54) is 23.5 Å². The van der Waals surface area contributed by atoms with E-state index in [9.17, 15) is 18.8 Å². The molecule has 0 bridgehead atoms. The maximum absolute atomic E-state index is 15.2.